The van der Waals surface area contributed by atoms with Gasteiger partial charge >= 0.3 is 0 Å². The van der Waals surface area contributed by atoms with Gasteiger partial charge in [0.05, 0.1) is 18.1 Å². The van der Waals surface area contributed by atoms with Crippen LogP contribution in [0.25, 0.3) is 11.0 Å². The van der Waals surface area contributed by atoms with Gasteiger partial charge in [-0.3, -0.25) is 4.79 Å². The van der Waals surface area contributed by atoms with E-state index in [2.05, 4.69) is 34.4 Å². The fourth-order valence-corrected chi connectivity index (χ4v) is 4.67. The number of rotatable bonds is 10. The fourth-order valence-electron chi connectivity index (χ4n) is 3.98. The Balaban J connectivity index is 1.42. The second-order valence-corrected chi connectivity index (χ2v) is 9.23. The molecule has 1 N–H and O–H groups in total. The smallest absolute Gasteiger partial charge is 0.220 e. The zero-order valence-electron chi connectivity index (χ0n) is 18.8. The number of hydrogen-bond acceptors (Lipinski definition) is 6. The van der Waals surface area contributed by atoms with Gasteiger partial charge in [-0.05, 0) is 37.7 Å². The summed E-state index contributed by atoms with van der Waals surface area (Å²) in [6, 6.07) is 10.1. The lowest BCUT2D eigenvalue weighted by molar-refractivity contribution is -0.121. The quantitative estimate of drug-likeness (QED) is 0.369. The lowest BCUT2D eigenvalue weighted by Crippen LogP contribution is -2.30. The number of nitrogens with one attached hydrogen (secondary N) is 1. The number of carbonyl (C=O) groups is 1. The molecule has 0 atom stereocenters. The van der Waals surface area contributed by atoms with Crippen LogP contribution in [0.5, 0.6) is 0 Å². The number of aryl methyl sites for hydroxylation is 1. The van der Waals surface area contributed by atoms with Gasteiger partial charge in [-0.25, -0.2) is 14.6 Å². The number of anilines is 1. The van der Waals surface area contributed by atoms with Crippen LogP contribution in [-0.4, -0.2) is 51.0 Å². The Kier molecular flexibility index (Phi) is 7.98. The molecular weight excluding hydrogens is 420 g/mol. The lowest BCUT2D eigenvalue weighted by Gasteiger charge is -2.28. The van der Waals surface area contributed by atoms with Gasteiger partial charge in [0.2, 0.25) is 5.91 Å². The number of amides is 1. The van der Waals surface area contributed by atoms with Crippen molar-refractivity contribution < 1.29 is 4.79 Å². The molecule has 0 aliphatic carbocycles. The lowest BCUT2D eigenvalue weighted by atomic mass is 10.1. The van der Waals surface area contributed by atoms with E-state index in [1.807, 2.05) is 29.1 Å². The van der Waals surface area contributed by atoms with E-state index in [1.165, 1.54) is 24.8 Å². The van der Waals surface area contributed by atoms with Gasteiger partial charge in [0, 0.05) is 31.8 Å². The van der Waals surface area contributed by atoms with Gasteiger partial charge < -0.3 is 10.2 Å². The Morgan fingerprint density at radius 3 is 2.72 bits per heavy atom. The van der Waals surface area contributed by atoms with E-state index in [4.69, 9.17) is 9.97 Å². The van der Waals surface area contributed by atoms with Gasteiger partial charge in [-0.1, -0.05) is 49.0 Å². The molecule has 2 aromatic heterocycles. The Bertz CT molecular complexity index is 1020. The molecule has 1 aromatic carbocycles. The SMILES string of the molecule is CCCSc1nc(N2CCCCC2)c2cnn(CCNC(=O)CCc3ccccc3)c2n1. The minimum absolute atomic E-state index is 0.0631. The highest BCUT2D eigenvalue weighted by atomic mass is 32.2. The number of carbonyl (C=O) groups excluding carboxylic acids is 1. The first kappa shape index (κ1) is 22.6. The van der Waals surface area contributed by atoms with E-state index in [1.54, 1.807) is 11.8 Å². The molecule has 1 fully saturated rings. The Morgan fingerprint density at radius 1 is 1.12 bits per heavy atom. The van der Waals surface area contributed by atoms with Crippen LogP contribution >= 0.6 is 11.8 Å². The van der Waals surface area contributed by atoms with Crippen molar-refractivity contribution in [1.82, 2.24) is 25.1 Å². The second kappa shape index (κ2) is 11.3. The number of aromatic nitrogens is 4. The first-order chi connectivity index (χ1) is 15.7. The zero-order chi connectivity index (χ0) is 22.2. The number of nitrogens with zero attached hydrogens (tertiary/aromatic N) is 5. The Hall–Kier alpha value is -2.61. The van der Waals surface area contributed by atoms with Crippen LogP contribution in [0.3, 0.4) is 0 Å². The Morgan fingerprint density at radius 2 is 1.94 bits per heavy atom. The highest BCUT2D eigenvalue weighted by molar-refractivity contribution is 7.99. The molecule has 0 bridgehead atoms. The topological polar surface area (TPSA) is 75.9 Å². The van der Waals surface area contributed by atoms with Crippen molar-refractivity contribution in [3.8, 4) is 0 Å². The van der Waals surface area contributed by atoms with Gasteiger partial charge in [-0.2, -0.15) is 5.10 Å². The maximum Gasteiger partial charge on any atom is 0.220 e. The van der Waals surface area contributed by atoms with Crippen LogP contribution < -0.4 is 10.2 Å². The molecule has 1 aliphatic heterocycles. The van der Waals surface area contributed by atoms with Gasteiger partial charge in [0.25, 0.3) is 0 Å². The summed E-state index contributed by atoms with van der Waals surface area (Å²) in [6.45, 7) is 5.36. The molecule has 1 aliphatic rings. The van der Waals surface area contributed by atoms with E-state index >= 15 is 0 Å². The first-order valence-electron chi connectivity index (χ1n) is 11.7. The summed E-state index contributed by atoms with van der Waals surface area (Å²) in [5, 5.41) is 9.43. The third kappa shape index (κ3) is 5.79. The maximum absolute atomic E-state index is 12.3. The minimum atomic E-state index is 0.0631. The highest BCUT2D eigenvalue weighted by Gasteiger charge is 2.20. The molecule has 32 heavy (non-hydrogen) atoms. The predicted molar refractivity (Wildman–Crippen MR) is 130 cm³/mol. The maximum atomic E-state index is 12.3. The van der Waals surface area contributed by atoms with Crippen molar-refractivity contribution in [2.45, 2.75) is 57.1 Å². The number of piperidine rings is 1. The molecular formula is C24H32N6OS. The minimum Gasteiger partial charge on any atom is -0.356 e. The van der Waals surface area contributed by atoms with E-state index in [0.29, 0.717) is 19.5 Å². The fraction of sp³-hybridized carbons (Fsp3) is 0.500. The van der Waals surface area contributed by atoms with E-state index in [-0.39, 0.29) is 5.91 Å². The number of fused-ring (bicyclic) bond motifs is 1. The van der Waals surface area contributed by atoms with Crippen molar-refractivity contribution in [1.29, 1.82) is 0 Å². The van der Waals surface area contributed by atoms with Crippen molar-refractivity contribution >= 4 is 34.5 Å². The molecule has 1 amide bonds. The average molecular weight is 453 g/mol. The van der Waals surface area contributed by atoms with Crippen molar-refractivity contribution in [2.24, 2.45) is 0 Å². The molecule has 3 aromatic rings. The number of benzene rings is 1. The van der Waals surface area contributed by atoms with Crippen LogP contribution in [0, 0.1) is 0 Å². The van der Waals surface area contributed by atoms with Gasteiger partial charge in [-0.15, -0.1) is 0 Å². The molecule has 170 valence electrons. The molecule has 1 saturated heterocycles. The third-order valence-corrected chi connectivity index (χ3v) is 6.73. The van der Waals surface area contributed by atoms with Crippen molar-refractivity contribution in [3.63, 3.8) is 0 Å². The van der Waals surface area contributed by atoms with Crippen LogP contribution in [0.1, 0.15) is 44.6 Å². The number of hydrogen-bond donors (Lipinski definition) is 1. The molecule has 0 spiro atoms. The van der Waals surface area contributed by atoms with E-state index in [9.17, 15) is 4.79 Å². The summed E-state index contributed by atoms with van der Waals surface area (Å²) in [5.41, 5.74) is 2.04. The van der Waals surface area contributed by atoms with Crippen LogP contribution in [-0.2, 0) is 17.8 Å². The molecule has 0 radical (unpaired) electrons. The summed E-state index contributed by atoms with van der Waals surface area (Å²) in [7, 11) is 0. The molecule has 3 heterocycles. The summed E-state index contributed by atoms with van der Waals surface area (Å²) in [4.78, 5) is 24.3. The van der Waals surface area contributed by atoms with Crippen LogP contribution in [0.2, 0.25) is 0 Å². The van der Waals surface area contributed by atoms with Crippen LogP contribution in [0.15, 0.2) is 41.7 Å². The van der Waals surface area contributed by atoms with Crippen LogP contribution in [0.4, 0.5) is 5.82 Å². The van der Waals surface area contributed by atoms with E-state index < -0.39 is 0 Å². The van der Waals surface area contributed by atoms with Crippen molar-refractivity contribution in [2.75, 3.05) is 30.3 Å². The standard InChI is InChI=1S/C24H32N6OS/c1-2-17-32-24-27-22(29-14-7-4-8-15-29)20-18-26-30(23(20)28-24)16-13-25-21(31)12-11-19-9-5-3-6-10-19/h3,5-6,9-10,18H,2,4,7-8,11-17H2,1H3,(H,25,31). The third-order valence-electron chi connectivity index (χ3n) is 5.68. The van der Waals surface area contributed by atoms with Crippen molar-refractivity contribution in [3.05, 3.63) is 42.1 Å². The highest BCUT2D eigenvalue weighted by Crippen LogP contribution is 2.29. The molecule has 8 heteroatoms. The first-order valence-corrected chi connectivity index (χ1v) is 12.6. The van der Waals surface area contributed by atoms with Gasteiger partial charge in [0.1, 0.15) is 5.82 Å². The Labute approximate surface area is 194 Å². The molecule has 0 saturated carbocycles. The molecule has 7 nitrogen and oxygen atoms in total. The molecule has 0 unspecified atom stereocenters. The summed E-state index contributed by atoms with van der Waals surface area (Å²) in [6.07, 6.45) is 7.89. The summed E-state index contributed by atoms with van der Waals surface area (Å²) >= 11 is 1.70. The normalized spacial score (nSPS) is 14.1. The summed E-state index contributed by atoms with van der Waals surface area (Å²) in [5.74, 6) is 2.07. The zero-order valence-corrected chi connectivity index (χ0v) is 19.6. The average Bonchev–Trinajstić information content (AvgIpc) is 3.25. The largest absolute Gasteiger partial charge is 0.356 e. The monoisotopic (exact) mass is 452 g/mol. The van der Waals surface area contributed by atoms with E-state index in [0.717, 1.165) is 53.7 Å². The predicted octanol–water partition coefficient (Wildman–Crippen LogP) is 4.07. The van der Waals surface area contributed by atoms with Gasteiger partial charge in [0.15, 0.2) is 10.8 Å². The second-order valence-electron chi connectivity index (χ2n) is 8.17. The number of thioether (sulfide) groups is 1. The summed E-state index contributed by atoms with van der Waals surface area (Å²) < 4.78 is 1.90. The molecule has 4 rings (SSSR count).